The molecule has 0 amide bonds. The van der Waals surface area contributed by atoms with E-state index < -0.39 is 52.4 Å². The largest absolute Gasteiger partial charge is 0.477 e. The first-order valence-corrected chi connectivity index (χ1v) is 10.8. The molecule has 3 aromatic carbocycles. The number of benzene rings is 3. The lowest BCUT2D eigenvalue weighted by molar-refractivity contribution is 0.0695. The second-order valence-electron chi connectivity index (χ2n) is 8.51. The molecule has 0 fully saturated rings. The summed E-state index contributed by atoms with van der Waals surface area (Å²) in [5.74, 6) is -5.00. The second-order valence-corrected chi connectivity index (χ2v) is 8.51. The Kier molecular flexibility index (Phi) is 5.76. The molecule has 0 aliphatic carbocycles. The van der Waals surface area contributed by atoms with Crippen molar-refractivity contribution in [3.63, 3.8) is 0 Å². The third-order valence-electron chi connectivity index (χ3n) is 6.17. The molecule has 2 heterocycles. The Morgan fingerprint density at radius 1 is 1.03 bits per heavy atom. The summed E-state index contributed by atoms with van der Waals surface area (Å²) in [6, 6.07) is 8.49. The minimum Gasteiger partial charge on any atom is -0.477 e. The molecule has 0 radical (unpaired) electrons. The summed E-state index contributed by atoms with van der Waals surface area (Å²) in [5.41, 5.74) is -0.367. The van der Waals surface area contributed by atoms with Crippen LogP contribution in [0.25, 0.3) is 27.7 Å². The van der Waals surface area contributed by atoms with Gasteiger partial charge in [0.05, 0.1) is 16.6 Å². The average Bonchev–Trinajstić information content (AvgIpc) is 3.19. The van der Waals surface area contributed by atoms with Crippen LogP contribution in [-0.4, -0.2) is 34.5 Å². The van der Waals surface area contributed by atoms with E-state index in [9.17, 15) is 27.9 Å². The lowest BCUT2D eigenvalue weighted by Gasteiger charge is -2.19. The van der Waals surface area contributed by atoms with Crippen molar-refractivity contribution in [2.45, 2.75) is 13.1 Å². The Morgan fingerprint density at radius 2 is 1.78 bits per heavy atom. The molecule has 0 saturated heterocycles. The number of aromatic nitrogens is 1. The molecule has 5 rings (SSSR count). The van der Waals surface area contributed by atoms with Crippen LogP contribution < -0.4 is 10.2 Å². The number of fused-ring (bicyclic) bond motifs is 2. The van der Waals surface area contributed by atoms with Crippen LogP contribution in [0.15, 0.2) is 53.5 Å². The van der Waals surface area contributed by atoms with Crippen LogP contribution >= 0.6 is 0 Å². The number of halogens is 4. The molecule has 6 nitrogen and oxygen atoms in total. The van der Waals surface area contributed by atoms with Gasteiger partial charge in [0.1, 0.15) is 28.5 Å². The highest BCUT2D eigenvalue weighted by Gasteiger charge is 2.26. The van der Waals surface area contributed by atoms with E-state index in [-0.39, 0.29) is 16.8 Å². The van der Waals surface area contributed by atoms with Crippen LogP contribution in [0.4, 0.5) is 17.6 Å². The topological polar surface area (TPSA) is 71.8 Å². The first-order chi connectivity index (χ1) is 17.2. The fourth-order valence-corrected chi connectivity index (χ4v) is 4.63. The van der Waals surface area contributed by atoms with Gasteiger partial charge in [-0.25, -0.2) is 22.4 Å². The monoisotopic (exact) mass is 498 g/mol. The Bertz CT molecular complexity index is 1620. The molecule has 1 N–H and O–H groups in total. The number of pyridine rings is 1. The van der Waals surface area contributed by atoms with Crippen molar-refractivity contribution in [1.29, 1.82) is 0 Å². The van der Waals surface area contributed by atoms with Crippen LogP contribution in [0.2, 0.25) is 0 Å². The molecule has 0 spiro atoms. The molecule has 1 aliphatic heterocycles. The van der Waals surface area contributed by atoms with Crippen LogP contribution in [0.1, 0.15) is 21.5 Å². The zero-order valence-electron chi connectivity index (χ0n) is 18.8. The first kappa shape index (κ1) is 23.6. The van der Waals surface area contributed by atoms with Crippen molar-refractivity contribution >= 4 is 16.9 Å². The standard InChI is InChI=1S/C26H18F4N2O4/c1-31-9-14-3-2-13(6-15(14)10-31)22-20(30)8-17-23(25(22)36-12-27)32(11-18(24(17)33)26(34)35)21-5-4-16(28)7-19(21)29/h2-8,11H,9-10,12H2,1H3,(H,34,35). The fourth-order valence-electron chi connectivity index (χ4n) is 4.63. The predicted molar refractivity (Wildman–Crippen MR) is 124 cm³/mol. The van der Waals surface area contributed by atoms with Crippen molar-refractivity contribution in [3.8, 4) is 22.6 Å². The highest BCUT2D eigenvalue weighted by Crippen LogP contribution is 2.41. The number of hydrogen-bond acceptors (Lipinski definition) is 4. The van der Waals surface area contributed by atoms with E-state index in [0.29, 0.717) is 24.7 Å². The smallest absolute Gasteiger partial charge is 0.341 e. The molecular formula is C26H18F4N2O4. The Labute approximate surface area is 201 Å². The quantitative estimate of drug-likeness (QED) is 0.391. The predicted octanol–water partition coefficient (Wildman–Crippen LogP) is 5.02. The van der Waals surface area contributed by atoms with Gasteiger partial charge < -0.3 is 14.4 Å². The van der Waals surface area contributed by atoms with Gasteiger partial charge in [-0.05, 0) is 48.0 Å². The van der Waals surface area contributed by atoms with Gasteiger partial charge >= 0.3 is 5.97 Å². The Hall–Kier alpha value is -4.18. The van der Waals surface area contributed by atoms with Crippen LogP contribution in [0.5, 0.6) is 5.75 Å². The van der Waals surface area contributed by atoms with Gasteiger partial charge in [-0.1, -0.05) is 12.1 Å². The van der Waals surface area contributed by atoms with Crippen molar-refractivity contribution in [3.05, 3.63) is 93.0 Å². The van der Waals surface area contributed by atoms with Gasteiger partial charge in [0.2, 0.25) is 12.3 Å². The summed E-state index contributed by atoms with van der Waals surface area (Å²) >= 11 is 0. The average molecular weight is 498 g/mol. The number of rotatable bonds is 5. The van der Waals surface area contributed by atoms with Gasteiger partial charge in [0, 0.05) is 25.4 Å². The van der Waals surface area contributed by atoms with Crippen LogP contribution in [0.3, 0.4) is 0 Å². The third kappa shape index (κ3) is 3.79. The molecule has 4 aromatic rings. The minimum absolute atomic E-state index is 0.184. The summed E-state index contributed by atoms with van der Waals surface area (Å²) < 4.78 is 63.7. The zero-order valence-corrected chi connectivity index (χ0v) is 18.8. The molecule has 184 valence electrons. The van der Waals surface area contributed by atoms with E-state index in [2.05, 4.69) is 0 Å². The van der Waals surface area contributed by atoms with Crippen molar-refractivity contribution in [1.82, 2.24) is 9.47 Å². The Balaban J connectivity index is 1.91. The summed E-state index contributed by atoms with van der Waals surface area (Å²) in [7, 11) is 1.92. The molecule has 10 heteroatoms. The summed E-state index contributed by atoms with van der Waals surface area (Å²) in [6.07, 6.45) is 0.827. The number of carboxylic acids is 1. The van der Waals surface area contributed by atoms with Crippen molar-refractivity contribution in [2.24, 2.45) is 0 Å². The maximum absolute atomic E-state index is 15.6. The molecule has 0 bridgehead atoms. The normalized spacial score (nSPS) is 13.2. The number of ether oxygens (including phenoxy) is 1. The van der Waals surface area contributed by atoms with Crippen molar-refractivity contribution in [2.75, 3.05) is 13.9 Å². The van der Waals surface area contributed by atoms with Gasteiger partial charge in [-0.15, -0.1) is 0 Å². The maximum Gasteiger partial charge on any atom is 0.341 e. The summed E-state index contributed by atoms with van der Waals surface area (Å²) in [4.78, 5) is 26.8. The number of carboxylic acid groups (broad SMARTS) is 1. The van der Waals surface area contributed by atoms with E-state index in [1.165, 1.54) is 0 Å². The lowest BCUT2D eigenvalue weighted by atomic mass is 9.97. The van der Waals surface area contributed by atoms with Gasteiger partial charge in [0.15, 0.2) is 5.75 Å². The zero-order chi connectivity index (χ0) is 25.7. The number of nitrogens with zero attached hydrogens (tertiary/aromatic N) is 2. The molecule has 1 aliphatic rings. The molecule has 0 atom stereocenters. The van der Waals surface area contributed by atoms with E-state index in [4.69, 9.17) is 4.74 Å². The number of aromatic carboxylic acids is 1. The van der Waals surface area contributed by atoms with E-state index >= 15 is 4.39 Å². The fraction of sp³-hybridized carbons (Fsp3) is 0.154. The van der Waals surface area contributed by atoms with E-state index in [1.807, 2.05) is 11.9 Å². The molecule has 0 saturated carbocycles. The number of hydrogen-bond donors (Lipinski definition) is 1. The van der Waals surface area contributed by atoms with Gasteiger partial charge in [0.25, 0.3) is 0 Å². The number of alkyl halides is 1. The molecule has 0 unspecified atom stereocenters. The minimum atomic E-state index is -1.64. The highest BCUT2D eigenvalue weighted by molar-refractivity contribution is 5.98. The molecule has 1 aromatic heterocycles. The van der Waals surface area contributed by atoms with Gasteiger partial charge in [-0.2, -0.15) is 0 Å². The number of carbonyl (C=O) groups is 1. The van der Waals surface area contributed by atoms with Crippen LogP contribution in [-0.2, 0) is 13.1 Å². The summed E-state index contributed by atoms with van der Waals surface area (Å²) in [5, 5.41) is 9.07. The maximum atomic E-state index is 15.6. The first-order valence-electron chi connectivity index (χ1n) is 10.8. The van der Waals surface area contributed by atoms with Crippen LogP contribution in [0, 0.1) is 17.5 Å². The summed E-state index contributed by atoms with van der Waals surface area (Å²) in [6.45, 7) is -0.115. The third-order valence-corrected chi connectivity index (χ3v) is 6.17. The molecule has 36 heavy (non-hydrogen) atoms. The lowest BCUT2D eigenvalue weighted by Crippen LogP contribution is -2.20. The SMILES string of the molecule is CN1Cc2ccc(-c3c(F)cc4c(=O)c(C(=O)O)cn(-c5ccc(F)cc5F)c4c3OCF)cc2C1. The second kappa shape index (κ2) is 8.80. The van der Waals surface area contributed by atoms with E-state index in [1.54, 1.807) is 18.2 Å². The molecular weight excluding hydrogens is 480 g/mol. The van der Waals surface area contributed by atoms with Crippen molar-refractivity contribution < 1.29 is 32.2 Å². The van der Waals surface area contributed by atoms with E-state index in [0.717, 1.165) is 40.1 Å². The van der Waals surface area contributed by atoms with Gasteiger partial charge in [-0.3, -0.25) is 9.69 Å². The Morgan fingerprint density at radius 3 is 2.47 bits per heavy atom. The highest BCUT2D eigenvalue weighted by atomic mass is 19.1.